The number of rotatable bonds is 7. The minimum atomic E-state index is -0.692. The first-order chi connectivity index (χ1) is 14.3. The first-order valence-electron chi connectivity index (χ1n) is 9.18. The van der Waals surface area contributed by atoms with Gasteiger partial charge in [-0.2, -0.15) is 0 Å². The smallest absolute Gasteiger partial charge is 0.251 e. The predicted octanol–water partition coefficient (Wildman–Crippen LogP) is 3.31. The molecule has 0 spiro atoms. The zero-order chi connectivity index (χ0) is 21.8. The highest BCUT2D eigenvalue weighted by atomic mass is 35.5. The number of nitrogens with zero attached hydrogens (tertiary/aromatic N) is 2. The Morgan fingerprint density at radius 2 is 1.80 bits per heavy atom. The van der Waals surface area contributed by atoms with Gasteiger partial charge in [0.15, 0.2) is 16.6 Å². The molecule has 1 aliphatic heterocycles. The number of ether oxygens (including phenoxy) is 2. The lowest BCUT2D eigenvalue weighted by molar-refractivity contribution is -0.130. The molecule has 3 rings (SSSR count). The van der Waals surface area contributed by atoms with E-state index in [0.717, 1.165) is 5.56 Å². The second-order valence-corrected chi connectivity index (χ2v) is 7.57. The monoisotopic (exact) mass is 447 g/mol. The molecule has 158 valence electrons. The quantitative estimate of drug-likeness (QED) is 0.656. The summed E-state index contributed by atoms with van der Waals surface area (Å²) in [7, 11) is 4.74. The standard InChI is InChI=1S/C21H22ClN3O4S/c1-24-20(27)16(11-19(26)23-15-7-5-14(22)6-8-15)25(21(24)30)12-13-4-9-17(28-2)18(10-13)29-3/h4-10,16H,11-12H2,1-3H3,(H,23,26)/t16-/m1/s1. The van der Waals surface area contributed by atoms with Crippen LogP contribution >= 0.6 is 23.8 Å². The lowest BCUT2D eigenvalue weighted by Gasteiger charge is -2.24. The summed E-state index contributed by atoms with van der Waals surface area (Å²) in [6.07, 6.45) is -0.0285. The molecule has 0 bridgehead atoms. The SMILES string of the molecule is COc1ccc(CN2C(=S)N(C)C(=O)[C@H]2CC(=O)Nc2ccc(Cl)cc2)cc1OC. The number of amides is 2. The van der Waals surface area contributed by atoms with Gasteiger partial charge in [-0.15, -0.1) is 0 Å². The highest BCUT2D eigenvalue weighted by Gasteiger charge is 2.41. The summed E-state index contributed by atoms with van der Waals surface area (Å²) in [4.78, 5) is 28.4. The predicted molar refractivity (Wildman–Crippen MR) is 119 cm³/mol. The van der Waals surface area contributed by atoms with Crippen LogP contribution in [0.2, 0.25) is 5.02 Å². The summed E-state index contributed by atoms with van der Waals surface area (Å²) in [6.45, 7) is 0.355. The second kappa shape index (κ2) is 9.32. The normalized spacial score (nSPS) is 16.1. The largest absolute Gasteiger partial charge is 0.493 e. The highest BCUT2D eigenvalue weighted by molar-refractivity contribution is 7.80. The van der Waals surface area contributed by atoms with Gasteiger partial charge in [0.25, 0.3) is 5.91 Å². The van der Waals surface area contributed by atoms with Crippen molar-refractivity contribution in [1.82, 2.24) is 9.80 Å². The third kappa shape index (κ3) is 4.66. The van der Waals surface area contributed by atoms with Crippen LogP contribution < -0.4 is 14.8 Å². The van der Waals surface area contributed by atoms with E-state index in [4.69, 9.17) is 33.3 Å². The lowest BCUT2D eigenvalue weighted by Crippen LogP contribution is -2.37. The summed E-state index contributed by atoms with van der Waals surface area (Å²) >= 11 is 11.3. The van der Waals surface area contributed by atoms with E-state index in [0.29, 0.717) is 33.9 Å². The van der Waals surface area contributed by atoms with Gasteiger partial charge in [0.05, 0.1) is 20.6 Å². The molecule has 1 fully saturated rings. The Kier molecular flexibility index (Phi) is 6.79. The van der Waals surface area contributed by atoms with Gasteiger partial charge in [0.1, 0.15) is 6.04 Å². The molecule has 0 aromatic heterocycles. The fourth-order valence-electron chi connectivity index (χ4n) is 3.25. The Hall–Kier alpha value is -2.84. The summed E-state index contributed by atoms with van der Waals surface area (Å²) < 4.78 is 10.6. The topological polar surface area (TPSA) is 71.1 Å². The van der Waals surface area contributed by atoms with Crippen molar-refractivity contribution in [2.45, 2.75) is 19.0 Å². The molecule has 1 N–H and O–H groups in total. The second-order valence-electron chi connectivity index (χ2n) is 6.77. The average Bonchev–Trinajstić information content (AvgIpc) is 2.93. The number of nitrogens with one attached hydrogen (secondary N) is 1. The van der Waals surface area contributed by atoms with E-state index < -0.39 is 6.04 Å². The van der Waals surface area contributed by atoms with Crippen molar-refractivity contribution in [3.63, 3.8) is 0 Å². The van der Waals surface area contributed by atoms with Crippen LogP contribution in [0.3, 0.4) is 0 Å². The number of anilines is 1. The van der Waals surface area contributed by atoms with E-state index >= 15 is 0 Å². The van der Waals surface area contributed by atoms with Gasteiger partial charge >= 0.3 is 0 Å². The number of halogens is 1. The number of methoxy groups -OCH3 is 2. The maximum atomic E-state index is 12.7. The van der Waals surface area contributed by atoms with E-state index in [2.05, 4.69) is 5.32 Å². The minimum Gasteiger partial charge on any atom is -0.493 e. The fourth-order valence-corrected chi connectivity index (χ4v) is 3.66. The summed E-state index contributed by atoms with van der Waals surface area (Å²) in [5.74, 6) is 0.687. The fraction of sp³-hybridized carbons (Fsp3) is 0.286. The summed E-state index contributed by atoms with van der Waals surface area (Å²) in [6, 6.07) is 11.6. The molecule has 9 heteroatoms. The Balaban J connectivity index is 1.76. The molecule has 0 radical (unpaired) electrons. The van der Waals surface area contributed by atoms with Crippen LogP contribution in [0.5, 0.6) is 11.5 Å². The Bertz CT molecular complexity index is 967. The van der Waals surface area contributed by atoms with Gasteiger partial charge in [0, 0.05) is 24.3 Å². The Morgan fingerprint density at radius 1 is 1.13 bits per heavy atom. The molecule has 2 amide bonds. The van der Waals surface area contributed by atoms with Crippen LogP contribution in [0.1, 0.15) is 12.0 Å². The van der Waals surface area contributed by atoms with E-state index in [9.17, 15) is 9.59 Å². The van der Waals surface area contributed by atoms with Gasteiger partial charge in [0.2, 0.25) is 5.91 Å². The molecule has 1 saturated heterocycles. The van der Waals surface area contributed by atoms with Crippen molar-refractivity contribution in [1.29, 1.82) is 0 Å². The van der Waals surface area contributed by atoms with Crippen molar-refractivity contribution in [3.8, 4) is 11.5 Å². The number of carbonyl (C=O) groups excluding carboxylic acids is 2. The van der Waals surface area contributed by atoms with Gasteiger partial charge in [-0.1, -0.05) is 17.7 Å². The van der Waals surface area contributed by atoms with Crippen LogP contribution in [0, 0.1) is 0 Å². The van der Waals surface area contributed by atoms with Gasteiger partial charge in [-0.3, -0.25) is 14.5 Å². The van der Waals surface area contributed by atoms with E-state index in [1.54, 1.807) is 56.5 Å². The number of likely N-dealkylation sites (N-methyl/N-ethyl adjacent to an activating group) is 1. The number of hydrogen-bond donors (Lipinski definition) is 1. The van der Waals surface area contributed by atoms with E-state index in [1.807, 2.05) is 12.1 Å². The van der Waals surface area contributed by atoms with Crippen LogP contribution in [-0.4, -0.2) is 54.0 Å². The molecule has 1 aliphatic rings. The van der Waals surface area contributed by atoms with Gasteiger partial charge in [-0.25, -0.2) is 0 Å². The molecule has 0 saturated carbocycles. The van der Waals surface area contributed by atoms with Crippen LogP contribution in [0.25, 0.3) is 0 Å². The van der Waals surface area contributed by atoms with Crippen molar-refractivity contribution in [3.05, 3.63) is 53.1 Å². The molecule has 2 aromatic rings. The molecule has 7 nitrogen and oxygen atoms in total. The molecule has 30 heavy (non-hydrogen) atoms. The molecular formula is C21H22ClN3O4S. The average molecular weight is 448 g/mol. The zero-order valence-corrected chi connectivity index (χ0v) is 18.4. The minimum absolute atomic E-state index is 0.0285. The first kappa shape index (κ1) is 21.9. The van der Waals surface area contributed by atoms with Crippen LogP contribution in [-0.2, 0) is 16.1 Å². The maximum absolute atomic E-state index is 12.7. The van der Waals surface area contributed by atoms with Crippen molar-refractivity contribution >= 4 is 46.4 Å². The summed E-state index contributed by atoms with van der Waals surface area (Å²) in [5, 5.41) is 3.74. The number of carbonyl (C=O) groups is 2. The first-order valence-corrected chi connectivity index (χ1v) is 9.97. The van der Waals surface area contributed by atoms with E-state index in [1.165, 1.54) is 4.90 Å². The van der Waals surface area contributed by atoms with Crippen molar-refractivity contribution in [2.75, 3.05) is 26.6 Å². The van der Waals surface area contributed by atoms with Crippen molar-refractivity contribution < 1.29 is 19.1 Å². The molecule has 1 heterocycles. The Labute approximate surface area is 185 Å². The van der Waals surface area contributed by atoms with Gasteiger partial charge < -0.3 is 19.7 Å². The number of benzene rings is 2. The zero-order valence-electron chi connectivity index (χ0n) is 16.8. The lowest BCUT2D eigenvalue weighted by atomic mass is 10.1. The summed E-state index contributed by atoms with van der Waals surface area (Å²) in [5.41, 5.74) is 1.48. The Morgan fingerprint density at radius 3 is 2.43 bits per heavy atom. The molecule has 0 unspecified atom stereocenters. The molecule has 1 atom stereocenters. The van der Waals surface area contributed by atoms with Crippen LogP contribution in [0.15, 0.2) is 42.5 Å². The molecule has 2 aromatic carbocycles. The van der Waals surface area contributed by atoms with Crippen molar-refractivity contribution in [2.24, 2.45) is 0 Å². The van der Waals surface area contributed by atoms with Gasteiger partial charge in [-0.05, 0) is 54.2 Å². The third-order valence-electron chi connectivity index (χ3n) is 4.83. The maximum Gasteiger partial charge on any atom is 0.251 e. The number of thiocarbonyl (C=S) groups is 1. The number of hydrogen-bond acceptors (Lipinski definition) is 5. The third-order valence-corrected chi connectivity index (χ3v) is 5.59. The highest BCUT2D eigenvalue weighted by Crippen LogP contribution is 2.30. The molecular weight excluding hydrogens is 426 g/mol. The van der Waals surface area contributed by atoms with E-state index in [-0.39, 0.29) is 18.2 Å². The molecule has 0 aliphatic carbocycles. The van der Waals surface area contributed by atoms with Crippen LogP contribution in [0.4, 0.5) is 5.69 Å².